The number of hydrogen-bond acceptors (Lipinski definition) is 5. The van der Waals surface area contributed by atoms with Gasteiger partial charge in [-0.05, 0) is 11.4 Å². The smallest absolute Gasteiger partial charge is 0.268 e. The molecule has 0 fully saturated rings. The van der Waals surface area contributed by atoms with Crippen molar-refractivity contribution in [3.8, 4) is 0 Å². The monoisotopic (exact) mass is 261 g/mol. The van der Waals surface area contributed by atoms with E-state index >= 15 is 0 Å². The molecule has 3 aromatic rings. The van der Waals surface area contributed by atoms with E-state index in [0.717, 1.165) is 11.3 Å². The number of aromatic amines is 1. The van der Waals surface area contributed by atoms with Gasteiger partial charge in [-0.2, -0.15) is 5.10 Å². The molecule has 6 nitrogen and oxygen atoms in total. The summed E-state index contributed by atoms with van der Waals surface area (Å²) in [6.07, 6.45) is 1.85. The highest BCUT2D eigenvalue weighted by atomic mass is 32.1. The van der Waals surface area contributed by atoms with E-state index < -0.39 is 0 Å². The molecule has 0 amide bonds. The van der Waals surface area contributed by atoms with E-state index in [1.807, 2.05) is 30.8 Å². The molecule has 0 aliphatic rings. The number of hydrogen-bond donors (Lipinski definition) is 2. The lowest BCUT2D eigenvalue weighted by Crippen LogP contribution is -2.13. The molecule has 0 atom stereocenters. The normalized spacial score (nSPS) is 10.9. The molecule has 0 aromatic carbocycles. The van der Waals surface area contributed by atoms with Crippen LogP contribution < -0.4 is 10.9 Å². The van der Waals surface area contributed by atoms with Crippen LogP contribution in [0.3, 0.4) is 0 Å². The summed E-state index contributed by atoms with van der Waals surface area (Å²) in [5, 5.41) is 9.16. The Balaban J connectivity index is 1.84. The summed E-state index contributed by atoms with van der Waals surface area (Å²) in [6, 6.07) is 3.71. The van der Waals surface area contributed by atoms with Crippen molar-refractivity contribution in [1.29, 1.82) is 0 Å². The summed E-state index contributed by atoms with van der Waals surface area (Å²) in [6.45, 7) is 0.443. The second-order valence-corrected chi connectivity index (χ2v) is 4.79. The molecule has 0 spiro atoms. The minimum Gasteiger partial charge on any atom is -0.361 e. The second-order valence-electron chi connectivity index (χ2n) is 3.88. The molecule has 0 saturated carbocycles. The Kier molecular flexibility index (Phi) is 2.60. The third kappa shape index (κ3) is 2.00. The van der Waals surface area contributed by atoms with Crippen LogP contribution in [-0.2, 0) is 13.6 Å². The molecular formula is C11H11N5OS. The Morgan fingerprint density at radius 3 is 3.17 bits per heavy atom. The fourth-order valence-electron chi connectivity index (χ4n) is 1.69. The Hall–Kier alpha value is -2.15. The molecule has 3 rings (SSSR count). The van der Waals surface area contributed by atoms with Crippen LogP contribution in [0.4, 0.5) is 5.82 Å². The Labute approximate surface area is 106 Å². The quantitative estimate of drug-likeness (QED) is 0.746. The molecule has 0 unspecified atom stereocenters. The van der Waals surface area contributed by atoms with Gasteiger partial charge < -0.3 is 10.3 Å². The predicted molar refractivity (Wildman–Crippen MR) is 70.8 cm³/mol. The van der Waals surface area contributed by atoms with Gasteiger partial charge in [-0.3, -0.25) is 9.48 Å². The van der Waals surface area contributed by atoms with Gasteiger partial charge in [-0.1, -0.05) is 0 Å². The molecular weight excluding hydrogens is 250 g/mol. The summed E-state index contributed by atoms with van der Waals surface area (Å²) in [5.74, 6) is 1.36. The lowest BCUT2D eigenvalue weighted by molar-refractivity contribution is 0.767. The third-order valence-electron chi connectivity index (χ3n) is 2.51. The number of anilines is 1. The highest BCUT2D eigenvalue weighted by Gasteiger charge is 2.05. The predicted octanol–water partition coefficient (Wildman–Crippen LogP) is 1.33. The largest absolute Gasteiger partial charge is 0.361 e. The van der Waals surface area contributed by atoms with Gasteiger partial charge in [0.05, 0.1) is 12.1 Å². The van der Waals surface area contributed by atoms with Crippen LogP contribution in [0, 0.1) is 0 Å². The minimum atomic E-state index is -0.0900. The van der Waals surface area contributed by atoms with E-state index in [1.54, 1.807) is 4.68 Å². The number of rotatable bonds is 3. The first-order chi connectivity index (χ1) is 8.72. The van der Waals surface area contributed by atoms with Gasteiger partial charge in [0.1, 0.15) is 16.3 Å². The van der Waals surface area contributed by atoms with Gasteiger partial charge in [-0.15, -0.1) is 11.3 Å². The second kappa shape index (κ2) is 4.26. The van der Waals surface area contributed by atoms with Gasteiger partial charge in [0, 0.05) is 19.3 Å². The van der Waals surface area contributed by atoms with E-state index in [4.69, 9.17) is 0 Å². The van der Waals surface area contributed by atoms with E-state index in [-0.39, 0.29) is 5.56 Å². The average molecular weight is 261 g/mol. The highest BCUT2D eigenvalue weighted by molar-refractivity contribution is 7.17. The van der Waals surface area contributed by atoms with Crippen LogP contribution in [0.15, 0.2) is 28.5 Å². The van der Waals surface area contributed by atoms with Crippen LogP contribution in [0.2, 0.25) is 0 Å². The maximum Gasteiger partial charge on any atom is 0.268 e. The molecule has 7 heteroatoms. The van der Waals surface area contributed by atoms with Crippen molar-refractivity contribution in [2.45, 2.75) is 6.54 Å². The summed E-state index contributed by atoms with van der Waals surface area (Å²) in [5.41, 5.74) is 0.648. The molecule has 0 bridgehead atoms. The van der Waals surface area contributed by atoms with E-state index in [9.17, 15) is 4.79 Å². The molecule has 3 heterocycles. The summed E-state index contributed by atoms with van der Waals surface area (Å²) < 4.78 is 2.37. The molecule has 0 saturated heterocycles. The zero-order valence-electron chi connectivity index (χ0n) is 9.67. The maximum absolute atomic E-state index is 11.7. The zero-order valence-corrected chi connectivity index (χ0v) is 10.5. The molecule has 3 aromatic heterocycles. The van der Waals surface area contributed by atoms with E-state index in [1.165, 1.54) is 11.3 Å². The average Bonchev–Trinajstić information content (AvgIpc) is 2.95. The molecule has 0 aliphatic heterocycles. The lowest BCUT2D eigenvalue weighted by atomic mass is 10.4. The number of nitrogens with one attached hydrogen (secondary N) is 2. The molecule has 18 heavy (non-hydrogen) atoms. The number of thiophene rings is 1. The number of nitrogens with zero attached hydrogens (tertiary/aromatic N) is 3. The first kappa shape index (κ1) is 11.0. The number of aryl methyl sites for hydroxylation is 1. The van der Waals surface area contributed by atoms with Crippen molar-refractivity contribution in [2.75, 3.05) is 5.32 Å². The van der Waals surface area contributed by atoms with Gasteiger partial charge in [0.2, 0.25) is 0 Å². The molecule has 92 valence electrons. The molecule has 0 radical (unpaired) electrons. The van der Waals surface area contributed by atoms with E-state index in [0.29, 0.717) is 17.1 Å². The van der Waals surface area contributed by atoms with Crippen LogP contribution >= 0.6 is 11.3 Å². The van der Waals surface area contributed by atoms with Gasteiger partial charge in [-0.25, -0.2) is 4.98 Å². The Bertz CT molecular complexity index is 741. The lowest BCUT2D eigenvalue weighted by Gasteiger charge is -2.02. The van der Waals surface area contributed by atoms with Crippen LogP contribution in [0.1, 0.15) is 5.82 Å². The minimum absolute atomic E-state index is 0.0900. The highest BCUT2D eigenvalue weighted by Crippen LogP contribution is 2.13. The fraction of sp³-hybridized carbons (Fsp3) is 0.182. The molecule has 0 aliphatic carbocycles. The summed E-state index contributed by atoms with van der Waals surface area (Å²) >= 11 is 1.40. The summed E-state index contributed by atoms with van der Waals surface area (Å²) in [4.78, 5) is 18.9. The SMILES string of the molecule is Cn1ccc(NCc2nc3ccsc3c(=O)[nH]2)n1. The van der Waals surface area contributed by atoms with Crippen molar-refractivity contribution < 1.29 is 0 Å². The third-order valence-corrected chi connectivity index (χ3v) is 3.42. The fourth-order valence-corrected chi connectivity index (χ4v) is 2.41. The van der Waals surface area contributed by atoms with Gasteiger partial charge in [0.15, 0.2) is 0 Å². The topological polar surface area (TPSA) is 75.6 Å². The van der Waals surface area contributed by atoms with E-state index in [2.05, 4.69) is 20.4 Å². The van der Waals surface area contributed by atoms with Gasteiger partial charge >= 0.3 is 0 Å². The Morgan fingerprint density at radius 1 is 1.50 bits per heavy atom. The maximum atomic E-state index is 11.7. The number of H-pyrrole nitrogens is 1. The van der Waals surface area contributed by atoms with Crippen molar-refractivity contribution in [3.63, 3.8) is 0 Å². The first-order valence-corrected chi connectivity index (χ1v) is 6.30. The van der Waals surface area contributed by atoms with Crippen molar-refractivity contribution in [3.05, 3.63) is 39.9 Å². The first-order valence-electron chi connectivity index (χ1n) is 5.42. The zero-order chi connectivity index (χ0) is 12.5. The van der Waals surface area contributed by atoms with Crippen molar-refractivity contribution >= 4 is 27.4 Å². The molecule has 2 N–H and O–H groups in total. The number of fused-ring (bicyclic) bond motifs is 1. The number of aromatic nitrogens is 4. The standard InChI is InChI=1S/C11H11N5OS/c1-16-4-2-8(15-16)12-6-9-13-7-3-5-18-10(7)11(17)14-9/h2-5H,6H2,1H3,(H,12,15)(H,13,14,17). The Morgan fingerprint density at radius 2 is 2.39 bits per heavy atom. The van der Waals surface area contributed by atoms with Crippen LogP contribution in [0.25, 0.3) is 10.2 Å². The van der Waals surface area contributed by atoms with Crippen molar-refractivity contribution in [2.24, 2.45) is 7.05 Å². The van der Waals surface area contributed by atoms with Gasteiger partial charge in [0.25, 0.3) is 5.56 Å². The van der Waals surface area contributed by atoms with Crippen LogP contribution in [0.5, 0.6) is 0 Å². The van der Waals surface area contributed by atoms with Crippen LogP contribution in [-0.4, -0.2) is 19.7 Å². The summed E-state index contributed by atoms with van der Waals surface area (Å²) in [7, 11) is 1.85. The van der Waals surface area contributed by atoms with Crippen molar-refractivity contribution in [1.82, 2.24) is 19.7 Å².